The molecule has 0 aliphatic carbocycles. The van der Waals surface area contributed by atoms with Gasteiger partial charge in [0.25, 0.3) is 0 Å². The van der Waals surface area contributed by atoms with Crippen molar-refractivity contribution in [2.24, 2.45) is 0 Å². The first kappa shape index (κ1) is 15.9. The zero-order valence-electron chi connectivity index (χ0n) is 13.4. The average Bonchev–Trinajstić information content (AvgIpc) is 2.62. The van der Waals surface area contributed by atoms with Crippen LogP contribution < -0.4 is 13.8 Å². The highest BCUT2D eigenvalue weighted by Crippen LogP contribution is 2.33. The smallest absolute Gasteiger partial charge is 0.162 e. The van der Waals surface area contributed by atoms with Crippen molar-refractivity contribution in [3.8, 4) is 11.5 Å². The van der Waals surface area contributed by atoms with Gasteiger partial charge in [-0.2, -0.15) is 0 Å². The molecule has 2 aromatic rings. The van der Waals surface area contributed by atoms with Crippen molar-refractivity contribution < 1.29 is 13.7 Å². The molecular weight excluding hydrogens is 310 g/mol. The molecule has 3 rings (SSSR count). The molecule has 4 nitrogen and oxygen atoms in total. The molecule has 2 unspecified atom stereocenters. The molecule has 122 valence electrons. The number of benzene rings is 2. The number of para-hydroxylation sites is 1. The van der Waals surface area contributed by atoms with Crippen LogP contribution in [0.2, 0.25) is 0 Å². The minimum Gasteiger partial charge on any atom is -0.486 e. The predicted octanol–water partition coefficient (Wildman–Crippen LogP) is 3.79. The summed E-state index contributed by atoms with van der Waals surface area (Å²) in [6.07, 6.45) is 0.908. The third-order valence-corrected chi connectivity index (χ3v) is 5.48. The molecule has 0 saturated heterocycles. The van der Waals surface area contributed by atoms with E-state index in [9.17, 15) is 4.21 Å². The van der Waals surface area contributed by atoms with Gasteiger partial charge in [0.1, 0.15) is 13.2 Å². The highest BCUT2D eigenvalue weighted by molar-refractivity contribution is 7.86. The first-order chi connectivity index (χ1) is 11.2. The molecule has 0 bridgehead atoms. The van der Waals surface area contributed by atoms with Gasteiger partial charge < -0.3 is 9.47 Å². The van der Waals surface area contributed by atoms with E-state index in [0.717, 1.165) is 17.0 Å². The lowest BCUT2D eigenvalue weighted by molar-refractivity contribution is 0.171. The number of rotatable bonds is 5. The molecular formula is C18H21NO3S. The minimum atomic E-state index is -1.30. The summed E-state index contributed by atoms with van der Waals surface area (Å²) in [5.41, 5.74) is 0.954. The Kier molecular flexibility index (Phi) is 4.86. The van der Waals surface area contributed by atoms with Crippen LogP contribution in [0.4, 0.5) is 5.69 Å². The second-order valence-corrected chi connectivity index (χ2v) is 6.84. The topological polar surface area (TPSA) is 38.8 Å². The van der Waals surface area contributed by atoms with Crippen molar-refractivity contribution in [1.29, 1.82) is 0 Å². The van der Waals surface area contributed by atoms with Crippen molar-refractivity contribution >= 4 is 16.7 Å². The van der Waals surface area contributed by atoms with Crippen molar-refractivity contribution in [2.45, 2.75) is 31.2 Å². The molecule has 0 amide bonds. The molecule has 2 aromatic carbocycles. The third-order valence-electron chi connectivity index (χ3n) is 3.90. The molecule has 1 aliphatic heterocycles. The van der Waals surface area contributed by atoms with Gasteiger partial charge in [-0.05, 0) is 37.6 Å². The Bertz CT molecular complexity index is 690. The van der Waals surface area contributed by atoms with Gasteiger partial charge in [-0.15, -0.1) is 0 Å². The molecule has 0 saturated carbocycles. The van der Waals surface area contributed by atoms with Crippen molar-refractivity contribution in [3.05, 3.63) is 48.5 Å². The first-order valence-electron chi connectivity index (χ1n) is 7.86. The molecule has 0 fully saturated rings. The Balaban J connectivity index is 1.95. The van der Waals surface area contributed by atoms with E-state index in [1.165, 1.54) is 0 Å². The Morgan fingerprint density at radius 3 is 2.48 bits per heavy atom. The van der Waals surface area contributed by atoms with Crippen LogP contribution in [-0.4, -0.2) is 23.5 Å². The third kappa shape index (κ3) is 3.34. The van der Waals surface area contributed by atoms with Gasteiger partial charge in [0.2, 0.25) is 0 Å². The second kappa shape index (κ2) is 7.04. The Morgan fingerprint density at radius 1 is 1.09 bits per heavy atom. The molecule has 1 heterocycles. The fourth-order valence-electron chi connectivity index (χ4n) is 2.50. The largest absolute Gasteiger partial charge is 0.486 e. The average molecular weight is 331 g/mol. The number of hydrogen-bond acceptors (Lipinski definition) is 3. The lowest BCUT2D eigenvalue weighted by atomic mass is 10.2. The highest BCUT2D eigenvalue weighted by atomic mass is 32.2. The van der Waals surface area contributed by atoms with E-state index in [1.807, 2.05) is 52.8 Å². The van der Waals surface area contributed by atoms with Crippen LogP contribution in [0.25, 0.3) is 0 Å². The maximum atomic E-state index is 13.2. The van der Waals surface area contributed by atoms with Crippen LogP contribution in [0.15, 0.2) is 53.4 Å². The Hall–Kier alpha value is -2.01. The van der Waals surface area contributed by atoms with Crippen LogP contribution in [0.3, 0.4) is 0 Å². The SMILES string of the molecule is CCC(C)N(c1ccccc1)S(=O)c1ccc2c(c1)OCCO2. The van der Waals surface area contributed by atoms with Gasteiger partial charge in [-0.1, -0.05) is 25.1 Å². The van der Waals surface area contributed by atoms with Gasteiger partial charge in [-0.25, -0.2) is 4.21 Å². The van der Waals surface area contributed by atoms with Crippen LogP contribution in [0.5, 0.6) is 11.5 Å². The summed E-state index contributed by atoms with van der Waals surface area (Å²) < 4.78 is 26.3. The van der Waals surface area contributed by atoms with Crippen molar-refractivity contribution in [3.63, 3.8) is 0 Å². The van der Waals surface area contributed by atoms with Gasteiger partial charge in [0.05, 0.1) is 4.90 Å². The fourth-order valence-corrected chi connectivity index (χ4v) is 3.91. The first-order valence-corrected chi connectivity index (χ1v) is 8.97. The van der Waals surface area contributed by atoms with E-state index in [4.69, 9.17) is 9.47 Å². The van der Waals surface area contributed by atoms with Crippen molar-refractivity contribution in [2.75, 3.05) is 17.5 Å². The number of fused-ring (bicyclic) bond motifs is 1. The Labute approximate surface area is 139 Å². The van der Waals surface area contributed by atoms with Crippen LogP contribution in [0, 0.1) is 0 Å². The van der Waals surface area contributed by atoms with Gasteiger partial charge in [0, 0.05) is 17.8 Å². The van der Waals surface area contributed by atoms with Gasteiger partial charge >= 0.3 is 0 Å². The van der Waals surface area contributed by atoms with E-state index < -0.39 is 11.0 Å². The Morgan fingerprint density at radius 2 is 1.78 bits per heavy atom. The molecule has 0 radical (unpaired) electrons. The summed E-state index contributed by atoms with van der Waals surface area (Å²) in [6, 6.07) is 15.5. The molecule has 1 aliphatic rings. The lowest BCUT2D eigenvalue weighted by Gasteiger charge is -2.29. The highest BCUT2D eigenvalue weighted by Gasteiger charge is 2.23. The number of hydrogen-bond donors (Lipinski definition) is 0. The maximum absolute atomic E-state index is 13.2. The molecule has 0 aromatic heterocycles. The van der Waals surface area contributed by atoms with Crippen LogP contribution in [-0.2, 0) is 11.0 Å². The van der Waals surface area contributed by atoms with Gasteiger partial charge in [-0.3, -0.25) is 4.31 Å². The van der Waals surface area contributed by atoms with Gasteiger partial charge in [0.15, 0.2) is 22.5 Å². The zero-order valence-corrected chi connectivity index (χ0v) is 14.2. The summed E-state index contributed by atoms with van der Waals surface area (Å²) in [5.74, 6) is 1.38. The molecule has 5 heteroatoms. The minimum absolute atomic E-state index is 0.159. The monoisotopic (exact) mass is 331 g/mol. The van der Waals surface area contributed by atoms with Crippen LogP contribution >= 0.6 is 0 Å². The van der Waals surface area contributed by atoms with Crippen molar-refractivity contribution in [1.82, 2.24) is 0 Å². The van der Waals surface area contributed by atoms with E-state index in [1.54, 1.807) is 0 Å². The zero-order chi connectivity index (χ0) is 16.2. The summed E-state index contributed by atoms with van der Waals surface area (Å²) in [7, 11) is -1.30. The van der Waals surface area contributed by atoms with E-state index in [-0.39, 0.29) is 6.04 Å². The molecule has 0 N–H and O–H groups in total. The summed E-state index contributed by atoms with van der Waals surface area (Å²) in [4.78, 5) is 0.721. The normalized spacial score (nSPS) is 15.7. The summed E-state index contributed by atoms with van der Waals surface area (Å²) in [5, 5.41) is 0. The lowest BCUT2D eigenvalue weighted by Crippen LogP contribution is -2.34. The maximum Gasteiger partial charge on any atom is 0.162 e. The van der Waals surface area contributed by atoms with E-state index in [2.05, 4.69) is 13.8 Å². The van der Waals surface area contributed by atoms with E-state index >= 15 is 0 Å². The van der Waals surface area contributed by atoms with Crippen LogP contribution in [0.1, 0.15) is 20.3 Å². The number of anilines is 1. The molecule has 2 atom stereocenters. The molecule has 0 spiro atoms. The quantitative estimate of drug-likeness (QED) is 0.837. The second-order valence-electron chi connectivity index (χ2n) is 5.47. The predicted molar refractivity (Wildman–Crippen MR) is 92.5 cm³/mol. The summed E-state index contributed by atoms with van der Waals surface area (Å²) in [6.45, 7) is 5.26. The summed E-state index contributed by atoms with van der Waals surface area (Å²) >= 11 is 0. The van der Waals surface area contributed by atoms with E-state index in [0.29, 0.717) is 24.7 Å². The molecule has 23 heavy (non-hydrogen) atoms. The number of nitrogens with zero attached hydrogens (tertiary/aromatic N) is 1. The number of ether oxygens (including phenoxy) is 2. The standard InChI is InChI=1S/C18H21NO3S/c1-3-14(2)19(15-7-5-4-6-8-15)23(20)16-9-10-17-18(13-16)22-12-11-21-17/h4-10,13-14H,3,11-12H2,1-2H3. The fraction of sp³-hybridized carbons (Fsp3) is 0.333.